The number of nitrogens with one attached hydrogen (secondary N) is 2. The second-order valence-electron chi connectivity index (χ2n) is 7.47. The Hall–Kier alpha value is -2.96. The summed E-state index contributed by atoms with van der Waals surface area (Å²) in [6, 6.07) is 5.87. The Morgan fingerprint density at radius 1 is 1.17 bits per heavy atom. The number of pyridine rings is 1. The van der Waals surface area contributed by atoms with Gasteiger partial charge in [0.1, 0.15) is 11.4 Å². The van der Waals surface area contributed by atoms with Gasteiger partial charge in [-0.25, -0.2) is 4.39 Å². The molecule has 2 N–H and O–H groups in total. The first-order valence-corrected chi connectivity index (χ1v) is 10.0. The SMILES string of the molecule is CCCCCNC(=O)c1ccc(-c2cc(C(=O)NC3CC3)cc(F)c2C)[n+]([O-])c1. The topological polar surface area (TPSA) is 85.1 Å². The van der Waals surface area contributed by atoms with Crippen molar-refractivity contribution in [1.82, 2.24) is 10.6 Å². The van der Waals surface area contributed by atoms with E-state index in [4.69, 9.17) is 0 Å². The molecular weight excluding hydrogens is 373 g/mol. The number of benzene rings is 1. The number of hydrogen-bond acceptors (Lipinski definition) is 3. The molecule has 0 saturated heterocycles. The highest BCUT2D eigenvalue weighted by molar-refractivity contribution is 5.96. The maximum atomic E-state index is 14.4. The summed E-state index contributed by atoms with van der Waals surface area (Å²) in [7, 11) is 0. The minimum absolute atomic E-state index is 0.148. The lowest BCUT2D eigenvalue weighted by Gasteiger charge is -2.12. The van der Waals surface area contributed by atoms with Crippen LogP contribution >= 0.6 is 0 Å². The van der Waals surface area contributed by atoms with E-state index in [1.165, 1.54) is 30.5 Å². The van der Waals surface area contributed by atoms with Gasteiger partial charge in [0.25, 0.3) is 11.8 Å². The van der Waals surface area contributed by atoms with Crippen molar-refractivity contribution in [2.45, 2.75) is 52.0 Å². The second kappa shape index (κ2) is 9.03. The van der Waals surface area contributed by atoms with E-state index in [-0.39, 0.29) is 40.2 Å². The van der Waals surface area contributed by atoms with Crippen LogP contribution in [-0.2, 0) is 0 Å². The quantitative estimate of drug-likeness (QED) is 0.406. The third-order valence-electron chi connectivity index (χ3n) is 5.04. The van der Waals surface area contributed by atoms with Crippen molar-refractivity contribution < 1.29 is 18.7 Å². The largest absolute Gasteiger partial charge is 0.618 e. The molecule has 0 atom stereocenters. The summed E-state index contributed by atoms with van der Waals surface area (Å²) in [5.41, 5.74) is 1.20. The molecule has 1 aromatic carbocycles. The van der Waals surface area contributed by atoms with Gasteiger partial charge in [0.05, 0.1) is 5.56 Å². The Morgan fingerprint density at radius 2 is 1.93 bits per heavy atom. The summed E-state index contributed by atoms with van der Waals surface area (Å²) < 4.78 is 15.0. The van der Waals surface area contributed by atoms with Crippen LogP contribution in [0.1, 0.15) is 65.3 Å². The van der Waals surface area contributed by atoms with Crippen molar-refractivity contribution >= 4 is 11.8 Å². The van der Waals surface area contributed by atoms with Gasteiger partial charge in [-0.05, 0) is 49.9 Å². The van der Waals surface area contributed by atoms with Crippen LogP contribution in [0.2, 0.25) is 0 Å². The van der Waals surface area contributed by atoms with E-state index in [9.17, 15) is 19.2 Å². The van der Waals surface area contributed by atoms with Crippen LogP contribution in [0.3, 0.4) is 0 Å². The molecule has 29 heavy (non-hydrogen) atoms. The van der Waals surface area contributed by atoms with Gasteiger partial charge in [-0.1, -0.05) is 19.8 Å². The number of rotatable bonds is 8. The third kappa shape index (κ3) is 5.10. The zero-order valence-electron chi connectivity index (χ0n) is 16.8. The monoisotopic (exact) mass is 399 g/mol. The molecule has 0 aliphatic heterocycles. The van der Waals surface area contributed by atoms with Crippen LogP contribution in [0.4, 0.5) is 4.39 Å². The van der Waals surface area contributed by atoms with Gasteiger partial charge in [0.15, 0.2) is 6.20 Å². The molecule has 1 aromatic heterocycles. The number of nitrogens with zero attached hydrogens (tertiary/aromatic N) is 1. The van der Waals surface area contributed by atoms with Crippen LogP contribution in [0.25, 0.3) is 11.3 Å². The zero-order valence-corrected chi connectivity index (χ0v) is 16.8. The third-order valence-corrected chi connectivity index (χ3v) is 5.04. The maximum Gasteiger partial charge on any atom is 0.257 e. The number of unbranched alkanes of at least 4 members (excludes halogenated alkanes) is 2. The smallest absolute Gasteiger partial charge is 0.257 e. The van der Waals surface area contributed by atoms with Gasteiger partial charge >= 0.3 is 0 Å². The Kier molecular flexibility index (Phi) is 6.46. The van der Waals surface area contributed by atoms with Crippen molar-refractivity contribution in [3.63, 3.8) is 0 Å². The number of amides is 2. The summed E-state index contributed by atoms with van der Waals surface area (Å²) in [4.78, 5) is 24.5. The summed E-state index contributed by atoms with van der Waals surface area (Å²) in [5.74, 6) is -1.23. The summed E-state index contributed by atoms with van der Waals surface area (Å²) >= 11 is 0. The molecule has 3 rings (SSSR count). The first-order chi connectivity index (χ1) is 13.9. The molecule has 2 amide bonds. The van der Waals surface area contributed by atoms with Gasteiger partial charge in [0.2, 0.25) is 5.69 Å². The predicted octanol–water partition coefficient (Wildman–Crippen LogP) is 3.25. The Bertz CT molecular complexity index is 926. The Balaban J connectivity index is 1.83. The molecule has 6 nitrogen and oxygen atoms in total. The second-order valence-corrected chi connectivity index (χ2v) is 7.47. The van der Waals surface area contributed by atoms with Crippen LogP contribution in [-0.4, -0.2) is 24.4 Å². The van der Waals surface area contributed by atoms with E-state index in [2.05, 4.69) is 17.6 Å². The molecule has 0 unspecified atom stereocenters. The van der Waals surface area contributed by atoms with Crippen molar-refractivity contribution in [2.75, 3.05) is 6.54 Å². The van der Waals surface area contributed by atoms with E-state index in [1.54, 1.807) is 6.92 Å². The average molecular weight is 399 g/mol. The minimum atomic E-state index is -0.554. The number of aromatic nitrogens is 1. The molecule has 1 aliphatic rings. The van der Waals surface area contributed by atoms with E-state index in [0.29, 0.717) is 16.8 Å². The molecule has 0 bridgehead atoms. The van der Waals surface area contributed by atoms with E-state index >= 15 is 0 Å². The lowest BCUT2D eigenvalue weighted by molar-refractivity contribution is -0.593. The highest BCUT2D eigenvalue weighted by atomic mass is 19.1. The molecule has 1 heterocycles. The van der Waals surface area contributed by atoms with Crippen LogP contribution in [0.5, 0.6) is 0 Å². The Labute approximate surface area is 169 Å². The fourth-order valence-corrected chi connectivity index (χ4v) is 3.08. The minimum Gasteiger partial charge on any atom is -0.618 e. The van der Waals surface area contributed by atoms with Crippen molar-refractivity contribution in [3.05, 3.63) is 58.2 Å². The highest BCUT2D eigenvalue weighted by Gasteiger charge is 2.25. The molecular formula is C22H26FN3O3. The average Bonchev–Trinajstić information content (AvgIpc) is 3.51. The van der Waals surface area contributed by atoms with Crippen molar-refractivity contribution in [2.24, 2.45) is 0 Å². The molecule has 1 aliphatic carbocycles. The fourth-order valence-electron chi connectivity index (χ4n) is 3.08. The number of halogens is 1. The van der Waals surface area contributed by atoms with Gasteiger partial charge < -0.3 is 15.8 Å². The van der Waals surface area contributed by atoms with Crippen LogP contribution < -0.4 is 15.4 Å². The van der Waals surface area contributed by atoms with Gasteiger partial charge in [-0.3, -0.25) is 9.59 Å². The van der Waals surface area contributed by atoms with E-state index in [0.717, 1.165) is 32.1 Å². The Morgan fingerprint density at radius 3 is 2.59 bits per heavy atom. The van der Waals surface area contributed by atoms with Crippen molar-refractivity contribution in [1.29, 1.82) is 0 Å². The van der Waals surface area contributed by atoms with Gasteiger partial charge in [-0.15, -0.1) is 0 Å². The summed E-state index contributed by atoms with van der Waals surface area (Å²) in [5, 5.41) is 18.2. The van der Waals surface area contributed by atoms with Crippen molar-refractivity contribution in [3.8, 4) is 11.3 Å². The molecule has 0 radical (unpaired) electrons. The van der Waals surface area contributed by atoms with Crippen LogP contribution in [0.15, 0.2) is 30.5 Å². The number of hydrogen-bond donors (Lipinski definition) is 2. The lowest BCUT2D eigenvalue weighted by atomic mass is 10.00. The molecule has 7 heteroatoms. The van der Waals surface area contributed by atoms with Gasteiger partial charge in [-0.2, -0.15) is 4.73 Å². The molecule has 1 fully saturated rings. The first kappa shape index (κ1) is 20.8. The maximum absolute atomic E-state index is 14.4. The normalized spacial score (nSPS) is 13.2. The number of carbonyl (C=O) groups is 2. The first-order valence-electron chi connectivity index (χ1n) is 10.0. The summed E-state index contributed by atoms with van der Waals surface area (Å²) in [6.45, 7) is 4.19. The summed E-state index contributed by atoms with van der Waals surface area (Å²) in [6.07, 6.45) is 5.99. The predicted molar refractivity (Wildman–Crippen MR) is 108 cm³/mol. The lowest BCUT2D eigenvalue weighted by Crippen LogP contribution is -2.33. The van der Waals surface area contributed by atoms with Gasteiger partial charge in [0, 0.05) is 24.2 Å². The fraction of sp³-hybridized carbons (Fsp3) is 0.409. The highest BCUT2D eigenvalue weighted by Crippen LogP contribution is 2.26. The molecule has 2 aromatic rings. The number of carbonyl (C=O) groups excluding carboxylic acids is 2. The molecule has 154 valence electrons. The molecule has 1 saturated carbocycles. The van der Waals surface area contributed by atoms with E-state index < -0.39 is 5.82 Å². The zero-order chi connectivity index (χ0) is 21.0. The molecule has 0 spiro atoms. The standard InChI is InChI=1S/C22H26FN3O3/c1-3-4-5-10-24-21(27)15-6-9-20(26(29)13-15)18-11-16(12-19(23)14(18)2)22(28)25-17-7-8-17/h6,9,11-13,17H,3-5,7-8,10H2,1-2H3,(H,24,27)(H,25,28). The van der Waals surface area contributed by atoms with E-state index in [1.807, 2.05) is 0 Å². The van der Waals surface area contributed by atoms with Crippen LogP contribution in [0, 0.1) is 17.9 Å².